The second kappa shape index (κ2) is 3.43. The normalized spacial score (nSPS) is 17.4. The summed E-state index contributed by atoms with van der Waals surface area (Å²) in [6.07, 6.45) is 2.26. The standard InChI is InChI=1S/C12H17N5/c1-17(2)9-4-3-8-10(15-9)16-11(14-8)12(7-13)5-6-12/h3-4H,5-7,13H2,1-2H3,(H,14,15,16). The fourth-order valence-electron chi connectivity index (χ4n) is 2.07. The number of anilines is 1. The van der Waals surface area contributed by atoms with Crippen molar-refractivity contribution in [3.8, 4) is 0 Å². The Labute approximate surface area is 100 Å². The average molecular weight is 231 g/mol. The molecule has 0 aromatic carbocycles. The molecular formula is C12H17N5. The molecule has 2 heterocycles. The van der Waals surface area contributed by atoms with Crippen LogP contribution in [0.2, 0.25) is 0 Å². The highest BCUT2D eigenvalue weighted by molar-refractivity contribution is 5.73. The van der Waals surface area contributed by atoms with Crippen LogP contribution in [0, 0.1) is 0 Å². The Morgan fingerprint density at radius 2 is 2.12 bits per heavy atom. The van der Waals surface area contributed by atoms with Crippen molar-refractivity contribution < 1.29 is 0 Å². The number of aromatic nitrogens is 3. The van der Waals surface area contributed by atoms with Gasteiger partial charge in [-0.3, -0.25) is 0 Å². The van der Waals surface area contributed by atoms with Gasteiger partial charge in [0.1, 0.15) is 11.6 Å². The molecule has 0 bridgehead atoms. The lowest BCUT2D eigenvalue weighted by Crippen LogP contribution is -2.21. The molecule has 1 aliphatic rings. The van der Waals surface area contributed by atoms with Gasteiger partial charge >= 0.3 is 0 Å². The van der Waals surface area contributed by atoms with Crippen molar-refractivity contribution in [2.45, 2.75) is 18.3 Å². The Bertz CT molecular complexity index is 553. The number of fused-ring (bicyclic) bond motifs is 1. The molecule has 2 aromatic heterocycles. The van der Waals surface area contributed by atoms with Crippen molar-refractivity contribution in [1.82, 2.24) is 15.0 Å². The van der Waals surface area contributed by atoms with Crippen LogP contribution in [0.15, 0.2) is 12.1 Å². The number of nitrogens with one attached hydrogen (secondary N) is 1. The number of hydrogen-bond donors (Lipinski definition) is 2. The first-order valence-corrected chi connectivity index (χ1v) is 5.89. The summed E-state index contributed by atoms with van der Waals surface area (Å²) >= 11 is 0. The molecule has 17 heavy (non-hydrogen) atoms. The van der Waals surface area contributed by atoms with E-state index in [2.05, 4.69) is 15.0 Å². The molecule has 0 amide bonds. The lowest BCUT2D eigenvalue weighted by atomic mass is 10.1. The van der Waals surface area contributed by atoms with Gasteiger partial charge in [0, 0.05) is 26.1 Å². The number of nitrogens with two attached hydrogens (primary N) is 1. The third-order valence-corrected chi connectivity index (χ3v) is 3.54. The molecule has 0 atom stereocenters. The van der Waals surface area contributed by atoms with Crippen molar-refractivity contribution in [1.29, 1.82) is 0 Å². The second-order valence-electron chi connectivity index (χ2n) is 5.00. The quantitative estimate of drug-likeness (QED) is 0.827. The second-order valence-corrected chi connectivity index (χ2v) is 5.00. The highest BCUT2D eigenvalue weighted by atomic mass is 15.2. The van der Waals surface area contributed by atoms with E-state index in [1.165, 1.54) is 0 Å². The minimum atomic E-state index is 0.0962. The summed E-state index contributed by atoms with van der Waals surface area (Å²) < 4.78 is 0. The van der Waals surface area contributed by atoms with Gasteiger partial charge in [-0.2, -0.15) is 0 Å². The summed E-state index contributed by atoms with van der Waals surface area (Å²) in [5, 5.41) is 0. The molecule has 2 aromatic rings. The Morgan fingerprint density at radius 3 is 2.71 bits per heavy atom. The average Bonchev–Trinajstić information content (AvgIpc) is 3.01. The monoisotopic (exact) mass is 231 g/mol. The number of pyridine rings is 1. The molecule has 1 saturated carbocycles. The molecule has 0 aliphatic heterocycles. The van der Waals surface area contributed by atoms with Crippen LogP contribution in [-0.2, 0) is 5.41 Å². The first-order chi connectivity index (χ1) is 8.14. The van der Waals surface area contributed by atoms with Crippen LogP contribution in [0.25, 0.3) is 11.2 Å². The summed E-state index contributed by atoms with van der Waals surface area (Å²) in [5.41, 5.74) is 7.68. The lowest BCUT2D eigenvalue weighted by Gasteiger charge is -2.09. The fraction of sp³-hybridized carbons (Fsp3) is 0.500. The smallest absolute Gasteiger partial charge is 0.179 e. The molecular weight excluding hydrogens is 214 g/mol. The van der Waals surface area contributed by atoms with Gasteiger partial charge in [-0.25, -0.2) is 9.97 Å². The molecule has 5 heteroatoms. The summed E-state index contributed by atoms with van der Waals surface area (Å²) in [6, 6.07) is 4.02. The Kier molecular flexibility index (Phi) is 2.13. The van der Waals surface area contributed by atoms with Crippen LogP contribution in [0.3, 0.4) is 0 Å². The Balaban J connectivity index is 2.07. The third-order valence-electron chi connectivity index (χ3n) is 3.54. The van der Waals surface area contributed by atoms with Crippen LogP contribution in [0.4, 0.5) is 5.82 Å². The van der Waals surface area contributed by atoms with Crippen molar-refractivity contribution in [2.75, 3.05) is 25.5 Å². The third kappa shape index (κ3) is 1.58. The summed E-state index contributed by atoms with van der Waals surface area (Å²) in [4.78, 5) is 14.4. The molecule has 0 spiro atoms. The number of nitrogens with zero attached hydrogens (tertiary/aromatic N) is 3. The Morgan fingerprint density at radius 1 is 1.35 bits per heavy atom. The van der Waals surface area contributed by atoms with Crippen LogP contribution in [0.1, 0.15) is 18.7 Å². The highest BCUT2D eigenvalue weighted by Gasteiger charge is 2.45. The lowest BCUT2D eigenvalue weighted by molar-refractivity contribution is 0.661. The Hall–Kier alpha value is -1.62. The number of rotatable bonds is 3. The van der Waals surface area contributed by atoms with Gasteiger partial charge in [0.05, 0.1) is 5.52 Å². The van der Waals surface area contributed by atoms with E-state index in [9.17, 15) is 0 Å². The van der Waals surface area contributed by atoms with Crippen LogP contribution in [0.5, 0.6) is 0 Å². The van der Waals surface area contributed by atoms with E-state index < -0.39 is 0 Å². The molecule has 0 saturated heterocycles. The number of aromatic amines is 1. The summed E-state index contributed by atoms with van der Waals surface area (Å²) in [5.74, 6) is 1.92. The first kappa shape index (κ1) is 10.5. The van der Waals surface area contributed by atoms with Crippen molar-refractivity contribution in [2.24, 2.45) is 5.73 Å². The predicted molar refractivity (Wildman–Crippen MR) is 68.2 cm³/mol. The van der Waals surface area contributed by atoms with Crippen molar-refractivity contribution >= 4 is 17.0 Å². The molecule has 1 fully saturated rings. The van der Waals surface area contributed by atoms with Gasteiger partial charge in [0.25, 0.3) is 0 Å². The maximum Gasteiger partial charge on any atom is 0.179 e. The largest absolute Gasteiger partial charge is 0.363 e. The zero-order valence-corrected chi connectivity index (χ0v) is 10.2. The minimum absolute atomic E-state index is 0.0962. The SMILES string of the molecule is CN(C)c1ccc2[nH]c(C3(CN)CC3)nc2n1. The number of imidazole rings is 1. The van der Waals surface area contributed by atoms with Crippen LogP contribution >= 0.6 is 0 Å². The first-order valence-electron chi connectivity index (χ1n) is 5.89. The van der Waals surface area contributed by atoms with Gasteiger partial charge < -0.3 is 15.6 Å². The topological polar surface area (TPSA) is 70.8 Å². The van der Waals surface area contributed by atoms with Crippen LogP contribution < -0.4 is 10.6 Å². The van der Waals surface area contributed by atoms with E-state index in [0.717, 1.165) is 35.6 Å². The number of hydrogen-bond acceptors (Lipinski definition) is 4. The van der Waals surface area contributed by atoms with Gasteiger partial charge in [-0.1, -0.05) is 0 Å². The molecule has 0 radical (unpaired) electrons. The van der Waals surface area contributed by atoms with E-state index in [0.29, 0.717) is 6.54 Å². The molecule has 3 rings (SSSR count). The van der Waals surface area contributed by atoms with Gasteiger partial charge in [0.2, 0.25) is 0 Å². The molecule has 90 valence electrons. The molecule has 5 nitrogen and oxygen atoms in total. The number of H-pyrrole nitrogens is 1. The predicted octanol–water partition coefficient (Wildman–Crippen LogP) is 1.01. The van der Waals surface area contributed by atoms with E-state index in [-0.39, 0.29) is 5.41 Å². The van der Waals surface area contributed by atoms with E-state index in [1.807, 2.05) is 31.1 Å². The highest BCUT2D eigenvalue weighted by Crippen LogP contribution is 2.46. The van der Waals surface area contributed by atoms with Gasteiger partial charge in [0.15, 0.2) is 5.65 Å². The van der Waals surface area contributed by atoms with E-state index >= 15 is 0 Å². The zero-order chi connectivity index (χ0) is 12.0. The van der Waals surface area contributed by atoms with E-state index in [4.69, 9.17) is 5.73 Å². The van der Waals surface area contributed by atoms with Crippen molar-refractivity contribution in [3.05, 3.63) is 18.0 Å². The van der Waals surface area contributed by atoms with E-state index in [1.54, 1.807) is 0 Å². The maximum atomic E-state index is 5.81. The molecule has 3 N–H and O–H groups in total. The fourth-order valence-corrected chi connectivity index (χ4v) is 2.07. The van der Waals surface area contributed by atoms with Gasteiger partial charge in [-0.05, 0) is 25.0 Å². The maximum absolute atomic E-state index is 5.81. The van der Waals surface area contributed by atoms with Gasteiger partial charge in [-0.15, -0.1) is 0 Å². The summed E-state index contributed by atoms with van der Waals surface area (Å²) in [7, 11) is 3.95. The molecule has 0 unspecified atom stereocenters. The van der Waals surface area contributed by atoms with Crippen LogP contribution in [-0.4, -0.2) is 35.6 Å². The zero-order valence-electron chi connectivity index (χ0n) is 10.2. The molecule has 1 aliphatic carbocycles. The minimum Gasteiger partial charge on any atom is -0.363 e. The van der Waals surface area contributed by atoms with Crippen molar-refractivity contribution in [3.63, 3.8) is 0 Å². The summed E-state index contributed by atoms with van der Waals surface area (Å²) in [6.45, 7) is 0.660.